The monoisotopic (exact) mass is 432 g/mol. The molecule has 0 amide bonds. The predicted octanol–water partition coefficient (Wildman–Crippen LogP) is 9.95. The second kappa shape index (κ2) is 26.7. The van der Waals surface area contributed by atoms with E-state index in [-0.39, 0.29) is 0 Å². The Bertz CT molecular complexity index is 448. The quantitative estimate of drug-likeness (QED) is 0.0935. The number of hydrogen-bond acceptors (Lipinski definition) is 1. The first-order valence-electron chi connectivity index (χ1n) is 13.5. The summed E-state index contributed by atoms with van der Waals surface area (Å²) in [5, 5.41) is 8.46. The third-order valence-electron chi connectivity index (χ3n) is 5.93. The van der Waals surface area contributed by atoms with Crippen LogP contribution in [0.15, 0.2) is 36.5 Å². The van der Waals surface area contributed by atoms with E-state index in [1.165, 1.54) is 128 Å². The van der Waals surface area contributed by atoms with Gasteiger partial charge in [-0.25, -0.2) is 4.79 Å². The van der Waals surface area contributed by atoms with Crippen LogP contribution in [0.2, 0.25) is 0 Å². The maximum absolute atomic E-state index is 10.3. The van der Waals surface area contributed by atoms with Crippen molar-refractivity contribution in [1.29, 1.82) is 0 Å². The number of allylic oxidation sites excluding steroid dienone is 5. The molecule has 0 heterocycles. The molecule has 31 heavy (non-hydrogen) atoms. The smallest absolute Gasteiger partial charge is 0.328 e. The maximum atomic E-state index is 10.3. The summed E-state index contributed by atoms with van der Waals surface area (Å²) in [4.78, 5) is 10.3. The van der Waals surface area contributed by atoms with Gasteiger partial charge in [0.05, 0.1) is 0 Å². The lowest BCUT2D eigenvalue weighted by molar-refractivity contribution is -0.131. The highest BCUT2D eigenvalue weighted by molar-refractivity contribution is 5.80. The molecule has 0 saturated carbocycles. The van der Waals surface area contributed by atoms with E-state index in [0.29, 0.717) is 0 Å². The minimum atomic E-state index is -0.905. The third kappa shape index (κ3) is 28.7. The summed E-state index contributed by atoms with van der Waals surface area (Å²) < 4.78 is 0. The summed E-state index contributed by atoms with van der Waals surface area (Å²) in [6, 6.07) is 0. The lowest BCUT2D eigenvalue weighted by Crippen LogP contribution is -1.84. The molecule has 1 N–H and O–H groups in total. The number of carbonyl (C=O) groups is 1. The van der Waals surface area contributed by atoms with Gasteiger partial charge in [0.25, 0.3) is 0 Å². The standard InChI is InChI=1S/C29H52O2/c1-2-3-4-5-6-7-8-9-10-11-12-13-14-15-16-17-18-19-20-21-22-23-24-25-26-27-28-29(30)31/h23-28H,2-22H2,1H3,(H,30,31). The summed E-state index contributed by atoms with van der Waals surface area (Å²) >= 11 is 0. The highest BCUT2D eigenvalue weighted by Gasteiger charge is 1.95. The SMILES string of the molecule is CCCCCCCCCCCCCCCCCCCCCCC=CC=CC=CC(=O)O. The summed E-state index contributed by atoms with van der Waals surface area (Å²) in [5.74, 6) is -0.905. The van der Waals surface area contributed by atoms with Crippen molar-refractivity contribution in [3.8, 4) is 0 Å². The number of unbranched alkanes of at least 4 members (excludes halogenated alkanes) is 20. The Kier molecular flexibility index (Phi) is 25.6. The number of carboxylic acid groups (broad SMARTS) is 1. The van der Waals surface area contributed by atoms with Crippen LogP contribution in [0.4, 0.5) is 0 Å². The van der Waals surface area contributed by atoms with E-state index >= 15 is 0 Å². The largest absolute Gasteiger partial charge is 0.478 e. The Morgan fingerprint density at radius 3 is 1.26 bits per heavy atom. The Labute approximate surface area is 194 Å². The van der Waals surface area contributed by atoms with Gasteiger partial charge < -0.3 is 5.11 Å². The van der Waals surface area contributed by atoms with Crippen LogP contribution in [0.3, 0.4) is 0 Å². The van der Waals surface area contributed by atoms with Crippen LogP contribution in [0.25, 0.3) is 0 Å². The first kappa shape index (κ1) is 29.7. The number of hydrogen-bond donors (Lipinski definition) is 1. The fourth-order valence-corrected chi connectivity index (χ4v) is 3.96. The van der Waals surface area contributed by atoms with Crippen LogP contribution in [-0.2, 0) is 4.79 Å². The van der Waals surface area contributed by atoms with Gasteiger partial charge in [0.15, 0.2) is 0 Å². The molecule has 0 saturated heterocycles. The minimum Gasteiger partial charge on any atom is -0.478 e. The van der Waals surface area contributed by atoms with Crippen molar-refractivity contribution in [2.75, 3.05) is 0 Å². The van der Waals surface area contributed by atoms with Crippen LogP contribution in [0.1, 0.15) is 142 Å². The van der Waals surface area contributed by atoms with Crippen molar-refractivity contribution in [2.45, 2.75) is 142 Å². The van der Waals surface area contributed by atoms with Crippen LogP contribution in [-0.4, -0.2) is 11.1 Å². The first-order valence-corrected chi connectivity index (χ1v) is 13.5. The van der Waals surface area contributed by atoms with Crippen LogP contribution in [0, 0.1) is 0 Å². The van der Waals surface area contributed by atoms with Crippen molar-refractivity contribution < 1.29 is 9.90 Å². The molecular formula is C29H52O2. The predicted molar refractivity (Wildman–Crippen MR) is 138 cm³/mol. The second-order valence-electron chi connectivity index (χ2n) is 9.02. The van der Waals surface area contributed by atoms with Gasteiger partial charge >= 0.3 is 5.97 Å². The topological polar surface area (TPSA) is 37.3 Å². The zero-order valence-corrected chi connectivity index (χ0v) is 20.7. The van der Waals surface area contributed by atoms with E-state index in [2.05, 4.69) is 13.0 Å². The van der Waals surface area contributed by atoms with Crippen molar-refractivity contribution in [2.24, 2.45) is 0 Å². The molecule has 0 radical (unpaired) electrons. The van der Waals surface area contributed by atoms with Gasteiger partial charge in [-0.3, -0.25) is 0 Å². The molecule has 0 aliphatic carbocycles. The van der Waals surface area contributed by atoms with Crippen LogP contribution >= 0.6 is 0 Å². The van der Waals surface area contributed by atoms with E-state index in [0.717, 1.165) is 12.5 Å². The third-order valence-corrected chi connectivity index (χ3v) is 5.93. The van der Waals surface area contributed by atoms with Gasteiger partial charge in [0, 0.05) is 6.08 Å². The average molecular weight is 433 g/mol. The summed E-state index contributed by atoms with van der Waals surface area (Å²) in [6.45, 7) is 2.29. The van der Waals surface area contributed by atoms with Gasteiger partial charge in [-0.1, -0.05) is 159 Å². The molecule has 0 aliphatic rings. The maximum Gasteiger partial charge on any atom is 0.328 e. The second-order valence-corrected chi connectivity index (χ2v) is 9.02. The molecule has 180 valence electrons. The molecular weight excluding hydrogens is 380 g/mol. The van der Waals surface area contributed by atoms with Crippen molar-refractivity contribution in [3.63, 3.8) is 0 Å². The molecule has 0 aromatic heterocycles. The molecule has 0 aliphatic heterocycles. The average Bonchev–Trinajstić information content (AvgIpc) is 2.76. The minimum absolute atomic E-state index is 0.905. The van der Waals surface area contributed by atoms with Crippen molar-refractivity contribution >= 4 is 5.97 Å². The molecule has 0 atom stereocenters. The number of rotatable bonds is 24. The van der Waals surface area contributed by atoms with Crippen LogP contribution < -0.4 is 0 Å². The van der Waals surface area contributed by atoms with E-state index < -0.39 is 5.97 Å². The highest BCUT2D eigenvalue weighted by atomic mass is 16.4. The van der Waals surface area contributed by atoms with E-state index in [1.807, 2.05) is 12.2 Å². The molecule has 0 bridgehead atoms. The van der Waals surface area contributed by atoms with Crippen molar-refractivity contribution in [3.05, 3.63) is 36.5 Å². The lowest BCUT2D eigenvalue weighted by atomic mass is 10.0. The molecule has 0 aromatic rings. The summed E-state index contributed by atoms with van der Waals surface area (Å²) in [6.07, 6.45) is 40.0. The zero-order valence-electron chi connectivity index (χ0n) is 20.7. The summed E-state index contributed by atoms with van der Waals surface area (Å²) in [5.41, 5.74) is 0. The normalized spacial score (nSPS) is 12.0. The van der Waals surface area contributed by atoms with Crippen molar-refractivity contribution in [1.82, 2.24) is 0 Å². The van der Waals surface area contributed by atoms with Crippen LogP contribution in [0.5, 0.6) is 0 Å². The highest BCUT2D eigenvalue weighted by Crippen LogP contribution is 2.15. The molecule has 2 heteroatoms. The van der Waals surface area contributed by atoms with Gasteiger partial charge in [0.1, 0.15) is 0 Å². The van der Waals surface area contributed by atoms with E-state index in [1.54, 1.807) is 12.2 Å². The number of aliphatic carboxylic acids is 1. The Morgan fingerprint density at radius 1 is 0.516 bits per heavy atom. The fourth-order valence-electron chi connectivity index (χ4n) is 3.96. The summed E-state index contributed by atoms with van der Waals surface area (Å²) in [7, 11) is 0. The molecule has 0 fully saturated rings. The fraction of sp³-hybridized carbons (Fsp3) is 0.759. The Morgan fingerprint density at radius 2 is 0.871 bits per heavy atom. The Hall–Kier alpha value is -1.31. The lowest BCUT2D eigenvalue weighted by Gasteiger charge is -2.04. The number of carboxylic acids is 1. The molecule has 0 unspecified atom stereocenters. The molecule has 0 spiro atoms. The molecule has 0 rings (SSSR count). The van der Waals surface area contributed by atoms with E-state index in [9.17, 15) is 4.79 Å². The first-order chi connectivity index (χ1) is 15.3. The van der Waals surface area contributed by atoms with Gasteiger partial charge in [-0.05, 0) is 12.8 Å². The molecule has 2 nitrogen and oxygen atoms in total. The zero-order chi connectivity index (χ0) is 22.7. The molecule has 0 aromatic carbocycles. The van der Waals surface area contributed by atoms with Gasteiger partial charge in [-0.2, -0.15) is 0 Å². The van der Waals surface area contributed by atoms with Gasteiger partial charge in [0.2, 0.25) is 0 Å². The Balaban J connectivity index is 3.13. The van der Waals surface area contributed by atoms with Gasteiger partial charge in [-0.15, -0.1) is 0 Å². The van der Waals surface area contributed by atoms with E-state index in [4.69, 9.17) is 5.11 Å².